The topological polar surface area (TPSA) is 84.5 Å². The molecule has 0 radical (unpaired) electrons. The number of hydrogen-bond acceptors (Lipinski definition) is 4. The van der Waals surface area contributed by atoms with E-state index in [0.29, 0.717) is 5.92 Å². The lowest BCUT2D eigenvalue weighted by Crippen LogP contribution is -2.43. The maximum Gasteiger partial charge on any atom is 0.272 e. The van der Waals surface area contributed by atoms with Gasteiger partial charge in [-0.2, -0.15) is 0 Å². The summed E-state index contributed by atoms with van der Waals surface area (Å²) in [5.41, 5.74) is 3.07. The van der Waals surface area contributed by atoms with Gasteiger partial charge in [0, 0.05) is 0 Å². The van der Waals surface area contributed by atoms with E-state index >= 15 is 0 Å². The van der Waals surface area contributed by atoms with Crippen molar-refractivity contribution < 1.29 is 22.3 Å². The van der Waals surface area contributed by atoms with Crippen molar-refractivity contribution in [3.8, 4) is 5.75 Å². The van der Waals surface area contributed by atoms with Crippen molar-refractivity contribution in [3.05, 3.63) is 59.9 Å². The largest absolute Gasteiger partial charge is 0.481 e. The fourth-order valence-electron chi connectivity index (χ4n) is 2.14. The Morgan fingerprint density at radius 1 is 1.15 bits per heavy atom. The molecule has 6 nitrogen and oxygen atoms in total. The number of carbonyl (C=O) groups excluding carboxylic acids is 1. The highest BCUT2D eigenvalue weighted by atomic mass is 32.2. The molecule has 0 aliphatic carbocycles. The standard InChI is InChI=1S/C18H21FN2O4S/c1-3-13(2)14-8-10-15(11-9-14)26(23,24)21-20-18(22)12-25-17-7-5-4-6-16(17)19/h4-11,13,21H,3,12H2,1-2H3,(H,20,22)/t13-/m1/s1. The highest BCUT2D eigenvalue weighted by molar-refractivity contribution is 7.89. The van der Waals surface area contributed by atoms with E-state index in [0.717, 1.165) is 12.0 Å². The van der Waals surface area contributed by atoms with Crippen molar-refractivity contribution in [2.24, 2.45) is 0 Å². The molecule has 1 amide bonds. The van der Waals surface area contributed by atoms with Crippen LogP contribution in [0.4, 0.5) is 4.39 Å². The van der Waals surface area contributed by atoms with Crippen LogP contribution in [-0.2, 0) is 14.8 Å². The number of ether oxygens (including phenoxy) is 1. The Labute approximate surface area is 152 Å². The summed E-state index contributed by atoms with van der Waals surface area (Å²) < 4.78 is 42.8. The number of nitrogens with one attached hydrogen (secondary N) is 2. The SMILES string of the molecule is CC[C@@H](C)c1ccc(S(=O)(=O)NNC(=O)COc2ccccc2F)cc1. The Morgan fingerprint density at radius 3 is 2.42 bits per heavy atom. The molecule has 26 heavy (non-hydrogen) atoms. The zero-order chi connectivity index (χ0) is 19.2. The van der Waals surface area contributed by atoms with E-state index in [1.807, 2.05) is 10.3 Å². The van der Waals surface area contributed by atoms with Gasteiger partial charge in [-0.3, -0.25) is 10.2 Å². The molecule has 8 heteroatoms. The van der Waals surface area contributed by atoms with E-state index in [-0.39, 0.29) is 10.6 Å². The number of halogens is 1. The Morgan fingerprint density at radius 2 is 1.81 bits per heavy atom. The first-order valence-corrected chi connectivity index (χ1v) is 9.59. The molecule has 0 spiro atoms. The van der Waals surface area contributed by atoms with E-state index < -0.39 is 28.4 Å². The lowest BCUT2D eigenvalue weighted by atomic mass is 9.99. The van der Waals surface area contributed by atoms with Crippen molar-refractivity contribution in [2.45, 2.75) is 31.1 Å². The average Bonchev–Trinajstić information content (AvgIpc) is 2.65. The zero-order valence-electron chi connectivity index (χ0n) is 14.5. The van der Waals surface area contributed by atoms with Gasteiger partial charge in [0.25, 0.3) is 15.9 Å². The number of sulfonamides is 1. The molecule has 0 saturated heterocycles. The molecule has 2 aromatic carbocycles. The molecule has 0 bridgehead atoms. The fraction of sp³-hybridized carbons (Fsp3) is 0.278. The second kappa shape index (κ2) is 8.77. The molecule has 2 aromatic rings. The summed E-state index contributed by atoms with van der Waals surface area (Å²) in [5.74, 6) is -1.13. The van der Waals surface area contributed by atoms with Gasteiger partial charge < -0.3 is 4.74 Å². The normalized spacial score (nSPS) is 12.4. The summed E-state index contributed by atoms with van der Waals surface area (Å²) in [6.07, 6.45) is 0.947. The fourth-order valence-corrected chi connectivity index (χ4v) is 3.00. The first kappa shape index (κ1) is 19.9. The number of carbonyl (C=O) groups is 1. The molecule has 0 heterocycles. The molecule has 1 atom stereocenters. The van der Waals surface area contributed by atoms with E-state index in [4.69, 9.17) is 4.74 Å². The third-order valence-electron chi connectivity index (χ3n) is 3.89. The molecule has 2 N–H and O–H groups in total. The summed E-state index contributed by atoms with van der Waals surface area (Å²) in [7, 11) is -3.91. The summed E-state index contributed by atoms with van der Waals surface area (Å²) in [6.45, 7) is 3.57. The Balaban J connectivity index is 1.91. The van der Waals surface area contributed by atoms with Gasteiger partial charge >= 0.3 is 0 Å². The van der Waals surface area contributed by atoms with Crippen LogP contribution in [0.15, 0.2) is 53.4 Å². The van der Waals surface area contributed by atoms with Crippen molar-refractivity contribution in [2.75, 3.05) is 6.61 Å². The third-order valence-corrected chi connectivity index (χ3v) is 5.16. The van der Waals surface area contributed by atoms with Crippen LogP contribution in [-0.4, -0.2) is 20.9 Å². The maximum atomic E-state index is 13.4. The Hall–Kier alpha value is -2.45. The van der Waals surface area contributed by atoms with E-state index in [1.165, 1.54) is 30.3 Å². The predicted octanol–water partition coefficient (Wildman–Crippen LogP) is 2.73. The van der Waals surface area contributed by atoms with Gasteiger partial charge in [0.05, 0.1) is 4.90 Å². The van der Waals surface area contributed by atoms with Gasteiger partial charge in [-0.05, 0) is 42.2 Å². The highest BCUT2D eigenvalue weighted by Gasteiger charge is 2.16. The van der Waals surface area contributed by atoms with Crippen LogP contribution in [0.25, 0.3) is 0 Å². The minimum Gasteiger partial charge on any atom is -0.481 e. The number of hydrogen-bond donors (Lipinski definition) is 2. The van der Waals surface area contributed by atoms with Crippen LogP contribution < -0.4 is 15.0 Å². The van der Waals surface area contributed by atoms with Crippen LogP contribution in [0, 0.1) is 5.82 Å². The zero-order valence-corrected chi connectivity index (χ0v) is 15.3. The third kappa shape index (κ3) is 5.27. The van der Waals surface area contributed by atoms with Crippen molar-refractivity contribution in [3.63, 3.8) is 0 Å². The molecule has 0 unspecified atom stereocenters. The number of para-hydroxylation sites is 1. The van der Waals surface area contributed by atoms with Gasteiger partial charge in [0.1, 0.15) is 0 Å². The lowest BCUT2D eigenvalue weighted by Gasteiger charge is -2.12. The second-order valence-corrected chi connectivity index (χ2v) is 7.43. The summed E-state index contributed by atoms with van der Waals surface area (Å²) in [4.78, 5) is 13.7. The molecular weight excluding hydrogens is 359 g/mol. The smallest absolute Gasteiger partial charge is 0.272 e. The van der Waals surface area contributed by atoms with E-state index in [1.54, 1.807) is 18.2 Å². The highest BCUT2D eigenvalue weighted by Crippen LogP contribution is 2.20. The average molecular weight is 380 g/mol. The number of rotatable bonds is 8. The van der Waals surface area contributed by atoms with Crippen molar-refractivity contribution in [1.82, 2.24) is 10.3 Å². The second-order valence-electron chi connectivity index (χ2n) is 5.75. The van der Waals surface area contributed by atoms with Gasteiger partial charge in [0.15, 0.2) is 18.2 Å². The minimum absolute atomic E-state index is 0.0277. The van der Waals surface area contributed by atoms with Crippen molar-refractivity contribution in [1.29, 1.82) is 0 Å². The van der Waals surface area contributed by atoms with Crippen LogP contribution in [0.2, 0.25) is 0 Å². The molecule has 2 rings (SSSR count). The molecule has 0 aromatic heterocycles. The predicted molar refractivity (Wildman–Crippen MR) is 95.5 cm³/mol. The van der Waals surface area contributed by atoms with Gasteiger partial charge in [-0.15, -0.1) is 4.83 Å². The maximum absolute atomic E-state index is 13.4. The molecule has 0 saturated carbocycles. The number of hydrazine groups is 1. The van der Waals surface area contributed by atoms with Gasteiger partial charge in [-0.25, -0.2) is 12.8 Å². The van der Waals surface area contributed by atoms with E-state index in [2.05, 4.69) is 13.8 Å². The van der Waals surface area contributed by atoms with E-state index in [9.17, 15) is 17.6 Å². The minimum atomic E-state index is -3.91. The summed E-state index contributed by atoms with van der Waals surface area (Å²) >= 11 is 0. The summed E-state index contributed by atoms with van der Waals surface area (Å²) in [6, 6.07) is 12.0. The molecular formula is C18H21FN2O4S. The first-order chi connectivity index (χ1) is 12.3. The quantitative estimate of drug-likeness (QED) is 0.690. The lowest BCUT2D eigenvalue weighted by molar-refractivity contribution is -0.123. The Bertz CT molecular complexity index is 854. The van der Waals surface area contributed by atoms with Crippen molar-refractivity contribution >= 4 is 15.9 Å². The molecule has 140 valence electrons. The molecule has 0 aliphatic rings. The molecule has 0 aliphatic heterocycles. The first-order valence-electron chi connectivity index (χ1n) is 8.11. The Kier molecular flexibility index (Phi) is 6.70. The number of benzene rings is 2. The van der Waals surface area contributed by atoms with Crippen LogP contribution >= 0.6 is 0 Å². The van der Waals surface area contributed by atoms with Gasteiger partial charge in [0.2, 0.25) is 0 Å². The van der Waals surface area contributed by atoms with Crippen LogP contribution in [0.1, 0.15) is 31.7 Å². The monoisotopic (exact) mass is 380 g/mol. The summed E-state index contributed by atoms with van der Waals surface area (Å²) in [5, 5.41) is 0. The van der Waals surface area contributed by atoms with Gasteiger partial charge in [-0.1, -0.05) is 38.1 Å². The molecule has 0 fully saturated rings. The van der Waals surface area contributed by atoms with Crippen LogP contribution in [0.3, 0.4) is 0 Å². The number of amides is 1. The van der Waals surface area contributed by atoms with Crippen LogP contribution in [0.5, 0.6) is 5.75 Å².